The number of nitrogens with one attached hydrogen (secondary N) is 1. The number of ether oxygens (including phenoxy) is 4. The SMILES string of the molecule is COc1ccc(OC)c(N(C)C(=O)Oc2cc(-c3ccc(C)c(C)c3C)nc(Nc3ccc(OCCN4CCN(C(C)C)CC4)c(F)c3)n2)c1. The highest BCUT2D eigenvalue weighted by atomic mass is 19.1. The third-order valence-electron chi connectivity index (χ3n) is 9.24. The lowest BCUT2D eigenvalue weighted by Gasteiger charge is -2.36. The minimum absolute atomic E-state index is 0.00324. The normalized spacial score (nSPS) is 13.6. The van der Waals surface area contributed by atoms with Crippen molar-refractivity contribution in [3.05, 3.63) is 77.1 Å². The first-order valence-corrected chi connectivity index (χ1v) is 16.8. The summed E-state index contributed by atoms with van der Waals surface area (Å²) >= 11 is 0. The second-order valence-electron chi connectivity index (χ2n) is 12.6. The van der Waals surface area contributed by atoms with E-state index in [2.05, 4.69) is 33.9 Å². The van der Waals surface area contributed by atoms with Crippen LogP contribution in [0, 0.1) is 26.6 Å². The van der Waals surface area contributed by atoms with E-state index in [0.29, 0.717) is 41.2 Å². The number of carbonyl (C=O) groups is 1. The van der Waals surface area contributed by atoms with Gasteiger partial charge in [0.25, 0.3) is 0 Å². The van der Waals surface area contributed by atoms with Crippen LogP contribution < -0.4 is 29.2 Å². The molecule has 1 saturated heterocycles. The summed E-state index contributed by atoms with van der Waals surface area (Å²) in [6.07, 6.45) is -0.710. The summed E-state index contributed by atoms with van der Waals surface area (Å²) < 4.78 is 37.6. The van der Waals surface area contributed by atoms with Gasteiger partial charge >= 0.3 is 6.09 Å². The summed E-state index contributed by atoms with van der Waals surface area (Å²) in [6.45, 7) is 15.6. The van der Waals surface area contributed by atoms with Crippen LogP contribution in [0.25, 0.3) is 11.3 Å². The largest absolute Gasteiger partial charge is 0.497 e. The van der Waals surface area contributed by atoms with E-state index in [1.807, 2.05) is 32.9 Å². The van der Waals surface area contributed by atoms with Crippen LogP contribution in [0.5, 0.6) is 23.1 Å². The average molecular weight is 687 g/mol. The molecule has 0 atom stereocenters. The van der Waals surface area contributed by atoms with Crippen molar-refractivity contribution in [2.24, 2.45) is 0 Å². The second-order valence-corrected chi connectivity index (χ2v) is 12.6. The van der Waals surface area contributed by atoms with Crippen LogP contribution in [0.1, 0.15) is 30.5 Å². The van der Waals surface area contributed by atoms with Crippen LogP contribution in [0.4, 0.5) is 26.5 Å². The maximum atomic E-state index is 15.2. The fourth-order valence-electron chi connectivity index (χ4n) is 5.83. The molecule has 1 fully saturated rings. The third-order valence-corrected chi connectivity index (χ3v) is 9.24. The Morgan fingerprint density at radius 3 is 2.34 bits per heavy atom. The molecule has 11 nitrogen and oxygen atoms in total. The highest BCUT2D eigenvalue weighted by molar-refractivity contribution is 5.90. The first kappa shape index (κ1) is 36.3. The first-order valence-electron chi connectivity index (χ1n) is 16.8. The number of aryl methyl sites for hydroxylation is 1. The number of piperazine rings is 1. The quantitative estimate of drug-likeness (QED) is 0.168. The van der Waals surface area contributed by atoms with Crippen molar-refractivity contribution in [3.63, 3.8) is 0 Å². The molecule has 5 rings (SSSR count). The Morgan fingerprint density at radius 1 is 0.920 bits per heavy atom. The number of anilines is 3. The number of carbonyl (C=O) groups excluding carboxylic acids is 1. The Hall–Kier alpha value is -4.94. The smallest absolute Gasteiger partial charge is 0.420 e. The summed E-state index contributed by atoms with van der Waals surface area (Å²) in [5.41, 5.74) is 5.52. The van der Waals surface area contributed by atoms with Gasteiger partial charge < -0.3 is 24.3 Å². The lowest BCUT2D eigenvalue weighted by Crippen LogP contribution is -2.49. The van der Waals surface area contributed by atoms with Crippen molar-refractivity contribution in [1.29, 1.82) is 0 Å². The maximum absolute atomic E-state index is 15.2. The molecule has 0 bridgehead atoms. The predicted molar refractivity (Wildman–Crippen MR) is 194 cm³/mol. The van der Waals surface area contributed by atoms with Crippen LogP contribution >= 0.6 is 0 Å². The molecule has 1 aliphatic rings. The average Bonchev–Trinajstić information content (AvgIpc) is 3.11. The Labute approximate surface area is 293 Å². The Balaban J connectivity index is 1.35. The van der Waals surface area contributed by atoms with Gasteiger partial charge in [-0.2, -0.15) is 4.98 Å². The Morgan fingerprint density at radius 2 is 1.66 bits per heavy atom. The number of hydrogen-bond donors (Lipinski definition) is 1. The van der Waals surface area contributed by atoms with Crippen LogP contribution in [-0.4, -0.2) is 92.5 Å². The van der Waals surface area contributed by atoms with Gasteiger partial charge in [-0.15, -0.1) is 0 Å². The van der Waals surface area contributed by atoms with Crippen molar-refractivity contribution < 1.29 is 28.1 Å². The summed E-state index contributed by atoms with van der Waals surface area (Å²) in [5.74, 6) is 0.788. The lowest BCUT2D eigenvalue weighted by molar-refractivity contribution is 0.0965. The van der Waals surface area contributed by atoms with Crippen molar-refractivity contribution in [2.45, 2.75) is 40.7 Å². The molecule has 4 aromatic rings. The van der Waals surface area contributed by atoms with E-state index in [0.717, 1.165) is 55.0 Å². The van der Waals surface area contributed by atoms with E-state index in [1.54, 1.807) is 50.6 Å². The molecule has 1 amide bonds. The zero-order chi connectivity index (χ0) is 35.9. The monoisotopic (exact) mass is 686 g/mol. The van der Waals surface area contributed by atoms with Crippen molar-refractivity contribution >= 4 is 23.4 Å². The van der Waals surface area contributed by atoms with Gasteiger partial charge in [-0.25, -0.2) is 14.2 Å². The molecule has 0 unspecified atom stereocenters. The highest BCUT2D eigenvalue weighted by Crippen LogP contribution is 2.34. The molecule has 0 radical (unpaired) electrons. The number of amides is 1. The fraction of sp³-hybridized carbons (Fsp3) is 0.395. The number of aromatic nitrogens is 2. The number of halogens is 1. The molecule has 0 saturated carbocycles. The molecule has 3 aromatic carbocycles. The van der Waals surface area contributed by atoms with Gasteiger partial charge in [0.05, 0.1) is 25.6 Å². The van der Waals surface area contributed by atoms with E-state index in [4.69, 9.17) is 23.9 Å². The van der Waals surface area contributed by atoms with Crippen LogP contribution in [-0.2, 0) is 0 Å². The molecule has 12 heteroatoms. The van der Waals surface area contributed by atoms with Gasteiger partial charge in [0, 0.05) is 75.3 Å². The number of benzene rings is 3. The first-order chi connectivity index (χ1) is 24.0. The van der Waals surface area contributed by atoms with Crippen LogP contribution in [0.15, 0.2) is 54.6 Å². The van der Waals surface area contributed by atoms with Crippen molar-refractivity contribution in [3.8, 4) is 34.4 Å². The topological polar surface area (TPSA) is 102 Å². The zero-order valence-corrected chi connectivity index (χ0v) is 30.2. The number of rotatable bonds is 12. The molecule has 0 spiro atoms. The fourth-order valence-corrected chi connectivity index (χ4v) is 5.83. The van der Waals surface area contributed by atoms with E-state index < -0.39 is 11.9 Å². The van der Waals surface area contributed by atoms with E-state index in [1.165, 1.54) is 18.1 Å². The molecule has 50 heavy (non-hydrogen) atoms. The van der Waals surface area contributed by atoms with E-state index in [-0.39, 0.29) is 17.6 Å². The van der Waals surface area contributed by atoms with Gasteiger partial charge in [0.1, 0.15) is 18.1 Å². The van der Waals surface area contributed by atoms with Crippen molar-refractivity contribution in [1.82, 2.24) is 19.8 Å². The molecular weight excluding hydrogens is 639 g/mol. The Kier molecular flexibility index (Phi) is 11.8. The molecule has 1 N–H and O–H groups in total. The van der Waals surface area contributed by atoms with E-state index >= 15 is 4.39 Å². The van der Waals surface area contributed by atoms with Gasteiger partial charge in [-0.05, 0) is 75.6 Å². The van der Waals surface area contributed by atoms with Gasteiger partial charge in [0.2, 0.25) is 11.8 Å². The van der Waals surface area contributed by atoms with E-state index in [9.17, 15) is 4.79 Å². The minimum Gasteiger partial charge on any atom is -0.497 e. The molecule has 1 aliphatic heterocycles. The summed E-state index contributed by atoms with van der Waals surface area (Å²) in [6, 6.07) is 15.9. The molecule has 1 aromatic heterocycles. The molecular formula is C38H47FN6O5. The van der Waals surface area contributed by atoms with Gasteiger partial charge in [-0.3, -0.25) is 14.7 Å². The lowest BCUT2D eigenvalue weighted by atomic mass is 9.97. The maximum Gasteiger partial charge on any atom is 0.420 e. The van der Waals surface area contributed by atoms with Gasteiger partial charge in [0.15, 0.2) is 11.6 Å². The summed E-state index contributed by atoms with van der Waals surface area (Å²) in [7, 11) is 4.62. The van der Waals surface area contributed by atoms with Crippen LogP contribution in [0.3, 0.4) is 0 Å². The van der Waals surface area contributed by atoms with Crippen molar-refractivity contribution in [2.75, 3.05) is 70.8 Å². The Bertz CT molecular complexity index is 1810. The zero-order valence-electron chi connectivity index (χ0n) is 30.2. The molecule has 2 heterocycles. The predicted octanol–water partition coefficient (Wildman–Crippen LogP) is 7.01. The second kappa shape index (κ2) is 16.2. The minimum atomic E-state index is -0.710. The standard InChI is InChI=1S/C38H47FN6O5/c1-24(2)45-17-15-44(16-18-45)19-20-49-34-13-10-28(21-31(34)39)40-37-41-32(30-12-9-25(3)26(4)27(30)5)23-36(42-37)50-38(46)43(6)33-22-29(47-7)11-14-35(33)48-8/h9-14,21-24H,15-20H2,1-8H3,(H,40,41,42). The van der Waals surface area contributed by atoms with Gasteiger partial charge in [-0.1, -0.05) is 12.1 Å². The number of methoxy groups -OCH3 is 2. The third kappa shape index (κ3) is 8.61. The molecule has 266 valence electrons. The number of hydrogen-bond acceptors (Lipinski definition) is 10. The highest BCUT2D eigenvalue weighted by Gasteiger charge is 2.22. The number of nitrogens with zero attached hydrogens (tertiary/aromatic N) is 5. The summed E-state index contributed by atoms with van der Waals surface area (Å²) in [5, 5.41) is 3.08. The molecule has 0 aliphatic carbocycles. The van der Waals surface area contributed by atoms with Crippen LogP contribution in [0.2, 0.25) is 0 Å². The summed E-state index contributed by atoms with van der Waals surface area (Å²) in [4.78, 5) is 28.7.